The third-order valence-electron chi connectivity index (χ3n) is 7.34. The number of hydrogen-bond acceptors (Lipinski definition) is 5. The first-order chi connectivity index (χ1) is 18.7. The van der Waals surface area contributed by atoms with Gasteiger partial charge in [-0.3, -0.25) is 0 Å². The monoisotopic (exact) mass is 511 g/mol. The SMILES string of the molecule is C1CCNC1.Fc1ccc(N(Cc2ccc3nc[nH]c3c2)Cc2ccc3nc(C4CCCN4)[nH]c3c2)cc1. The van der Waals surface area contributed by atoms with E-state index in [0.29, 0.717) is 19.1 Å². The number of benzene rings is 3. The van der Waals surface area contributed by atoms with E-state index in [9.17, 15) is 4.39 Å². The second-order valence-corrected chi connectivity index (χ2v) is 10.2. The lowest BCUT2D eigenvalue weighted by Crippen LogP contribution is -2.22. The topological polar surface area (TPSA) is 84.7 Å². The maximum atomic E-state index is 13.6. The molecule has 8 heteroatoms. The molecule has 5 aromatic rings. The fourth-order valence-electron chi connectivity index (χ4n) is 5.30. The van der Waals surface area contributed by atoms with E-state index in [1.54, 1.807) is 6.33 Å². The van der Waals surface area contributed by atoms with Crippen molar-refractivity contribution in [2.24, 2.45) is 0 Å². The van der Waals surface area contributed by atoms with Crippen molar-refractivity contribution >= 4 is 27.8 Å². The van der Waals surface area contributed by atoms with Crippen molar-refractivity contribution in [2.75, 3.05) is 24.5 Å². The van der Waals surface area contributed by atoms with Crippen molar-refractivity contribution in [1.82, 2.24) is 30.6 Å². The molecule has 2 aliphatic heterocycles. The van der Waals surface area contributed by atoms with E-state index in [4.69, 9.17) is 4.98 Å². The Morgan fingerprint density at radius 2 is 1.55 bits per heavy atom. The molecule has 3 aromatic carbocycles. The number of aromatic nitrogens is 4. The Labute approximate surface area is 221 Å². The minimum absolute atomic E-state index is 0.232. The van der Waals surface area contributed by atoms with Gasteiger partial charge in [0.25, 0.3) is 0 Å². The van der Waals surface area contributed by atoms with Crippen LogP contribution in [0.5, 0.6) is 0 Å². The van der Waals surface area contributed by atoms with Gasteiger partial charge in [0.1, 0.15) is 11.6 Å². The zero-order valence-corrected chi connectivity index (χ0v) is 21.5. The fourth-order valence-corrected chi connectivity index (χ4v) is 5.30. The number of aromatic amines is 2. The largest absolute Gasteiger partial charge is 0.363 e. The number of imidazole rings is 2. The summed E-state index contributed by atoms with van der Waals surface area (Å²) in [6.45, 7) is 4.93. The first-order valence-electron chi connectivity index (χ1n) is 13.6. The Bertz CT molecular complexity index is 1470. The van der Waals surface area contributed by atoms with Gasteiger partial charge in [-0.2, -0.15) is 0 Å². The standard InChI is InChI=1S/C26H25FN6.C4H9N/c27-19-5-7-20(8-6-19)33(14-17-3-9-21-24(12-17)30-16-29-21)15-18-4-10-22-25(13-18)32-26(31-22)23-2-1-11-28-23;1-2-4-5-3-1/h3-10,12-13,16,23,28H,1-2,11,14-15H2,(H,29,30)(H,31,32);5H,1-4H2. The summed E-state index contributed by atoms with van der Waals surface area (Å²) in [7, 11) is 0. The molecule has 7 rings (SSSR count). The summed E-state index contributed by atoms with van der Waals surface area (Å²) in [6.07, 6.45) is 6.79. The van der Waals surface area contributed by atoms with Gasteiger partial charge < -0.3 is 25.5 Å². The first-order valence-corrected chi connectivity index (χ1v) is 13.6. The van der Waals surface area contributed by atoms with Gasteiger partial charge in [0.05, 0.1) is 34.4 Å². The summed E-state index contributed by atoms with van der Waals surface area (Å²) in [4.78, 5) is 18.1. The highest BCUT2D eigenvalue weighted by Crippen LogP contribution is 2.26. The number of hydrogen-bond donors (Lipinski definition) is 4. The van der Waals surface area contributed by atoms with Gasteiger partial charge in [-0.05, 0) is 105 Å². The molecule has 2 aromatic heterocycles. The first kappa shape index (κ1) is 24.6. The quantitative estimate of drug-likeness (QED) is 0.239. The molecule has 2 saturated heterocycles. The molecular formula is C30H34FN7. The highest BCUT2D eigenvalue weighted by atomic mass is 19.1. The summed E-state index contributed by atoms with van der Waals surface area (Å²) < 4.78 is 13.6. The van der Waals surface area contributed by atoms with Gasteiger partial charge >= 0.3 is 0 Å². The Balaban J connectivity index is 0.000000476. The van der Waals surface area contributed by atoms with Crippen LogP contribution in [0.1, 0.15) is 48.7 Å². The van der Waals surface area contributed by atoms with Gasteiger partial charge in [0.15, 0.2) is 0 Å². The van der Waals surface area contributed by atoms with E-state index in [1.165, 1.54) is 50.0 Å². The van der Waals surface area contributed by atoms with Gasteiger partial charge in [0, 0.05) is 18.8 Å². The lowest BCUT2D eigenvalue weighted by atomic mass is 10.1. The van der Waals surface area contributed by atoms with Crippen molar-refractivity contribution in [3.8, 4) is 0 Å². The van der Waals surface area contributed by atoms with Crippen LogP contribution in [-0.4, -0.2) is 39.6 Å². The van der Waals surface area contributed by atoms with Crippen molar-refractivity contribution in [3.05, 3.63) is 89.8 Å². The maximum absolute atomic E-state index is 13.6. The van der Waals surface area contributed by atoms with Crippen LogP contribution in [0, 0.1) is 5.82 Å². The van der Waals surface area contributed by atoms with Crippen molar-refractivity contribution < 1.29 is 4.39 Å². The highest BCUT2D eigenvalue weighted by Gasteiger charge is 2.20. The Morgan fingerprint density at radius 3 is 2.24 bits per heavy atom. The Hall–Kier alpha value is -3.75. The molecule has 0 spiro atoms. The molecule has 2 aliphatic rings. The second kappa shape index (κ2) is 11.3. The average molecular weight is 512 g/mol. The number of nitrogens with one attached hydrogen (secondary N) is 4. The highest BCUT2D eigenvalue weighted by molar-refractivity contribution is 5.76. The molecule has 196 valence electrons. The van der Waals surface area contributed by atoms with Crippen LogP contribution in [0.3, 0.4) is 0 Å². The molecule has 38 heavy (non-hydrogen) atoms. The van der Waals surface area contributed by atoms with E-state index < -0.39 is 0 Å². The number of rotatable bonds is 6. The van der Waals surface area contributed by atoms with E-state index >= 15 is 0 Å². The number of nitrogens with zero attached hydrogens (tertiary/aromatic N) is 3. The van der Waals surface area contributed by atoms with Crippen LogP contribution in [-0.2, 0) is 13.1 Å². The van der Waals surface area contributed by atoms with E-state index in [0.717, 1.165) is 52.1 Å². The molecule has 4 heterocycles. The molecule has 1 atom stereocenters. The predicted octanol–water partition coefficient (Wildman–Crippen LogP) is 5.58. The lowest BCUT2D eigenvalue weighted by Gasteiger charge is -2.25. The molecule has 0 radical (unpaired) electrons. The average Bonchev–Trinajstić information content (AvgIpc) is 3.76. The summed E-state index contributed by atoms with van der Waals surface area (Å²) >= 11 is 0. The van der Waals surface area contributed by atoms with Gasteiger partial charge in [-0.25, -0.2) is 14.4 Å². The van der Waals surface area contributed by atoms with Crippen molar-refractivity contribution in [2.45, 2.75) is 44.8 Å². The lowest BCUT2D eigenvalue weighted by molar-refractivity contribution is 0.614. The number of H-pyrrole nitrogens is 2. The van der Waals surface area contributed by atoms with E-state index in [1.807, 2.05) is 18.2 Å². The molecule has 7 nitrogen and oxygen atoms in total. The minimum atomic E-state index is -0.232. The predicted molar refractivity (Wildman–Crippen MR) is 151 cm³/mol. The van der Waals surface area contributed by atoms with Gasteiger partial charge in [-0.1, -0.05) is 12.1 Å². The Morgan fingerprint density at radius 1 is 0.816 bits per heavy atom. The third kappa shape index (κ3) is 5.71. The number of anilines is 1. The molecule has 0 saturated carbocycles. The molecule has 0 bridgehead atoms. The smallest absolute Gasteiger partial charge is 0.124 e. The van der Waals surface area contributed by atoms with Crippen LogP contribution in [0.2, 0.25) is 0 Å². The van der Waals surface area contributed by atoms with E-state index in [-0.39, 0.29) is 5.82 Å². The molecule has 1 unspecified atom stereocenters. The number of fused-ring (bicyclic) bond motifs is 2. The molecule has 4 N–H and O–H groups in total. The van der Waals surface area contributed by atoms with Crippen LogP contribution < -0.4 is 15.5 Å². The van der Waals surface area contributed by atoms with Crippen LogP contribution in [0.15, 0.2) is 67.0 Å². The van der Waals surface area contributed by atoms with E-state index in [2.05, 4.69) is 60.8 Å². The molecule has 0 aliphatic carbocycles. The maximum Gasteiger partial charge on any atom is 0.124 e. The zero-order chi connectivity index (χ0) is 25.7. The molecule has 0 amide bonds. The van der Waals surface area contributed by atoms with Gasteiger partial charge in [-0.15, -0.1) is 0 Å². The van der Waals surface area contributed by atoms with Crippen molar-refractivity contribution in [3.63, 3.8) is 0 Å². The number of halogens is 1. The second-order valence-electron chi connectivity index (χ2n) is 10.2. The van der Waals surface area contributed by atoms with Crippen LogP contribution >= 0.6 is 0 Å². The normalized spacial score (nSPS) is 17.1. The molecular weight excluding hydrogens is 477 g/mol. The molecule has 2 fully saturated rings. The summed E-state index contributed by atoms with van der Waals surface area (Å²) in [5.41, 5.74) is 7.30. The zero-order valence-electron chi connectivity index (χ0n) is 21.5. The minimum Gasteiger partial charge on any atom is -0.363 e. The summed E-state index contributed by atoms with van der Waals surface area (Å²) in [6, 6.07) is 19.6. The van der Waals surface area contributed by atoms with Crippen LogP contribution in [0.25, 0.3) is 22.1 Å². The summed E-state index contributed by atoms with van der Waals surface area (Å²) in [5, 5.41) is 6.73. The Kier molecular flexibility index (Phi) is 7.33. The summed E-state index contributed by atoms with van der Waals surface area (Å²) in [5.74, 6) is 0.785. The third-order valence-corrected chi connectivity index (χ3v) is 7.34. The van der Waals surface area contributed by atoms with Crippen LogP contribution in [0.4, 0.5) is 10.1 Å². The van der Waals surface area contributed by atoms with Crippen molar-refractivity contribution in [1.29, 1.82) is 0 Å². The fraction of sp³-hybridized carbons (Fsp3) is 0.333. The van der Waals surface area contributed by atoms with Gasteiger partial charge in [0.2, 0.25) is 0 Å².